The summed E-state index contributed by atoms with van der Waals surface area (Å²) in [7, 11) is 5.51. The van der Waals surface area contributed by atoms with Crippen LogP contribution in [-0.4, -0.2) is 113 Å². The maximum atomic E-state index is 10.8. The molecule has 1 aliphatic heterocycles. The van der Waals surface area contributed by atoms with Crippen molar-refractivity contribution in [1.82, 2.24) is 25.7 Å². The van der Waals surface area contributed by atoms with Crippen molar-refractivity contribution < 1.29 is 19.5 Å². The number of morpholine rings is 1. The van der Waals surface area contributed by atoms with Gasteiger partial charge in [0.2, 0.25) is 5.88 Å². The summed E-state index contributed by atoms with van der Waals surface area (Å²) in [6.45, 7) is 17.8. The molecule has 0 radical (unpaired) electrons. The zero-order chi connectivity index (χ0) is 31.3. The van der Waals surface area contributed by atoms with Gasteiger partial charge >= 0.3 is 0 Å². The lowest BCUT2D eigenvalue weighted by molar-refractivity contribution is -0.124. The van der Waals surface area contributed by atoms with Crippen LogP contribution in [0, 0.1) is 0 Å². The van der Waals surface area contributed by atoms with Crippen molar-refractivity contribution in [2.24, 2.45) is 15.0 Å². The molecule has 2 aromatic rings. The number of hydroxylamine groups is 1. The molecule has 0 aromatic carbocycles. The maximum absolute atomic E-state index is 10.8. The summed E-state index contributed by atoms with van der Waals surface area (Å²) >= 11 is 0. The number of amides is 1. The van der Waals surface area contributed by atoms with Crippen molar-refractivity contribution in [3.05, 3.63) is 30.1 Å². The number of aliphatic imine (C=N–C) groups is 3. The molecular weight excluding hydrogens is 540 g/mol. The Balaban J connectivity index is 0.000000532. The molecule has 14 heteroatoms. The summed E-state index contributed by atoms with van der Waals surface area (Å²) < 4.78 is 10.6. The van der Waals surface area contributed by atoms with Gasteiger partial charge in [0.1, 0.15) is 5.69 Å². The number of carbonyl (C=O) groups excluding carboxylic acids is 1. The van der Waals surface area contributed by atoms with Crippen molar-refractivity contribution in [3.63, 3.8) is 0 Å². The normalized spacial score (nSPS) is 12.8. The van der Waals surface area contributed by atoms with E-state index in [0.717, 1.165) is 43.4 Å². The highest BCUT2D eigenvalue weighted by Crippen LogP contribution is 2.37. The average molecular weight is 585 g/mol. The van der Waals surface area contributed by atoms with E-state index in [9.17, 15) is 4.79 Å². The first-order valence-corrected chi connectivity index (χ1v) is 13.6. The molecule has 14 nitrogen and oxygen atoms in total. The predicted octanol–water partition coefficient (Wildman–Crippen LogP) is 2.56. The molecule has 0 bridgehead atoms. The molecular formula is C28H44N10O4. The van der Waals surface area contributed by atoms with Crippen LogP contribution in [0.4, 0.5) is 17.3 Å². The Hall–Kier alpha value is -4.27. The number of hydrogen-bond donors (Lipinski definition) is 3. The van der Waals surface area contributed by atoms with E-state index in [4.69, 9.17) is 24.6 Å². The highest BCUT2D eigenvalue weighted by Gasteiger charge is 2.23. The Morgan fingerprint density at radius 3 is 2.50 bits per heavy atom. The van der Waals surface area contributed by atoms with Crippen molar-refractivity contribution in [3.8, 4) is 17.3 Å². The molecule has 0 aliphatic carbocycles. The smallest absolute Gasteiger partial charge is 0.277 e. The number of nitrogens with one attached hydrogen (secondary N) is 2. The van der Waals surface area contributed by atoms with Gasteiger partial charge in [-0.3, -0.25) is 25.0 Å². The first-order chi connectivity index (χ1) is 20.4. The lowest BCUT2D eigenvalue weighted by atomic mass is 10.2. The van der Waals surface area contributed by atoms with Gasteiger partial charge in [0.15, 0.2) is 17.5 Å². The predicted molar refractivity (Wildman–Crippen MR) is 169 cm³/mol. The van der Waals surface area contributed by atoms with E-state index in [2.05, 4.69) is 48.5 Å². The second-order valence-electron chi connectivity index (χ2n) is 8.25. The second kappa shape index (κ2) is 20.6. The highest BCUT2D eigenvalue weighted by atomic mass is 16.5. The van der Waals surface area contributed by atoms with Crippen molar-refractivity contribution in [2.45, 2.75) is 20.8 Å². The van der Waals surface area contributed by atoms with Crippen molar-refractivity contribution in [2.75, 3.05) is 76.9 Å². The molecule has 1 fully saturated rings. The quantitative estimate of drug-likeness (QED) is 0.146. The van der Waals surface area contributed by atoms with Crippen LogP contribution < -0.4 is 25.3 Å². The number of methoxy groups -OCH3 is 1. The number of hydrogen-bond acceptors (Lipinski definition) is 13. The molecule has 1 amide bonds. The number of aromatic nitrogens is 3. The molecule has 0 spiro atoms. The summed E-state index contributed by atoms with van der Waals surface area (Å²) in [5, 5.41) is 11.4. The van der Waals surface area contributed by atoms with Crippen LogP contribution in [0.15, 0.2) is 45.1 Å². The van der Waals surface area contributed by atoms with Crippen LogP contribution >= 0.6 is 0 Å². The Morgan fingerprint density at radius 1 is 1.26 bits per heavy atom. The van der Waals surface area contributed by atoms with E-state index in [1.807, 2.05) is 40.9 Å². The molecule has 230 valence electrons. The van der Waals surface area contributed by atoms with E-state index in [-0.39, 0.29) is 5.57 Å². The van der Waals surface area contributed by atoms with Gasteiger partial charge in [-0.15, -0.1) is 0 Å². The van der Waals surface area contributed by atoms with Crippen LogP contribution in [0.3, 0.4) is 0 Å². The fourth-order valence-corrected chi connectivity index (χ4v) is 3.49. The third-order valence-electron chi connectivity index (χ3n) is 5.59. The van der Waals surface area contributed by atoms with E-state index < -0.39 is 5.91 Å². The average Bonchev–Trinajstić information content (AvgIpc) is 3.06. The first-order valence-electron chi connectivity index (χ1n) is 13.6. The minimum atomic E-state index is -0.653. The number of ether oxygens (including phenoxy) is 2. The van der Waals surface area contributed by atoms with Gasteiger partial charge in [-0.25, -0.2) is 20.4 Å². The Kier molecular flexibility index (Phi) is 17.5. The summed E-state index contributed by atoms with van der Waals surface area (Å²) in [6, 6.07) is 3.71. The molecule has 2 aromatic heterocycles. The molecule has 1 aliphatic rings. The first kappa shape index (κ1) is 35.8. The number of rotatable bonds is 12. The second-order valence-corrected chi connectivity index (χ2v) is 8.25. The maximum Gasteiger partial charge on any atom is 0.277 e. The van der Waals surface area contributed by atoms with Crippen LogP contribution in [0.2, 0.25) is 0 Å². The van der Waals surface area contributed by atoms with Crippen molar-refractivity contribution >= 4 is 42.9 Å². The fourth-order valence-electron chi connectivity index (χ4n) is 3.49. The molecule has 0 unspecified atom stereocenters. The minimum Gasteiger partial charge on any atom is -0.481 e. The van der Waals surface area contributed by atoms with Crippen molar-refractivity contribution in [1.29, 1.82) is 0 Å². The number of nitrogens with zero attached hydrogens (tertiary/aromatic N) is 8. The monoisotopic (exact) mass is 584 g/mol. The van der Waals surface area contributed by atoms with E-state index >= 15 is 0 Å². The topological polar surface area (TPSA) is 162 Å². The summed E-state index contributed by atoms with van der Waals surface area (Å²) in [5.41, 5.74) is 3.13. The zero-order valence-electron chi connectivity index (χ0n) is 25.5. The van der Waals surface area contributed by atoms with Gasteiger partial charge in [-0.05, 0) is 33.5 Å². The van der Waals surface area contributed by atoms with Crippen LogP contribution in [0.5, 0.6) is 5.88 Å². The van der Waals surface area contributed by atoms with Gasteiger partial charge in [-0.2, -0.15) is 0 Å². The summed E-state index contributed by atoms with van der Waals surface area (Å²) in [6.07, 6.45) is 4.25. The van der Waals surface area contributed by atoms with Gasteiger partial charge in [0.25, 0.3) is 5.91 Å². The largest absolute Gasteiger partial charge is 0.481 e. The van der Waals surface area contributed by atoms with E-state index in [1.54, 1.807) is 19.4 Å². The standard InChI is InChI=1S/C19H27N7O2.C7H11N3O2.C2H6/c1-20-7-8-25(3)18-16(21-2)19(26-9-11-28-12-10-26)24-17(23-18)14-5-6-15(27-4)22-13-14;1-3-9-5-6(4-8-2)7(11)10-12;1-2/h5-6,13,20H,2,7-12H2,1,3-4H3;4-5,12H,2-3H2,1H3,(H,10,11);1-2H3/b;6-4+,9-5?;. The van der Waals surface area contributed by atoms with Gasteiger partial charge in [0, 0.05) is 70.0 Å². The van der Waals surface area contributed by atoms with Gasteiger partial charge < -0.3 is 24.6 Å². The number of carbonyl (C=O) groups is 1. The van der Waals surface area contributed by atoms with Crippen LogP contribution in [-0.2, 0) is 9.53 Å². The molecule has 0 saturated carbocycles. The third-order valence-corrected chi connectivity index (χ3v) is 5.59. The van der Waals surface area contributed by atoms with Crippen LogP contribution in [0.1, 0.15) is 20.8 Å². The SMILES string of the molecule is C=N/C=C(\C=NCC)C(=O)NO.C=Nc1c(N(C)CCNC)nc(-c2ccc(OC)nc2)nc1N1CCOCC1.CC. The molecule has 42 heavy (non-hydrogen) atoms. The van der Waals surface area contributed by atoms with Gasteiger partial charge in [0.05, 0.1) is 25.9 Å². The van der Waals surface area contributed by atoms with E-state index in [0.29, 0.717) is 37.2 Å². The molecule has 3 rings (SSSR count). The fraction of sp³-hybridized carbons (Fsp3) is 0.464. The summed E-state index contributed by atoms with van der Waals surface area (Å²) in [4.78, 5) is 40.4. The number of likely N-dealkylation sites (N-methyl/N-ethyl adjacent to an activating group) is 2. The Morgan fingerprint density at radius 2 is 1.98 bits per heavy atom. The third kappa shape index (κ3) is 11.0. The molecule has 0 atom stereocenters. The number of anilines is 2. The Bertz CT molecular complexity index is 1170. The highest BCUT2D eigenvalue weighted by molar-refractivity contribution is 6.11. The molecule has 3 heterocycles. The minimum absolute atomic E-state index is 0.161. The molecule has 3 N–H and O–H groups in total. The molecule has 1 saturated heterocycles. The van der Waals surface area contributed by atoms with Crippen LogP contribution in [0.25, 0.3) is 11.4 Å². The van der Waals surface area contributed by atoms with Gasteiger partial charge in [-0.1, -0.05) is 13.8 Å². The lowest BCUT2D eigenvalue weighted by Gasteiger charge is -2.30. The van der Waals surface area contributed by atoms with E-state index in [1.165, 1.54) is 17.9 Å². The number of pyridine rings is 1. The Labute approximate surface area is 248 Å². The zero-order valence-corrected chi connectivity index (χ0v) is 25.5. The summed E-state index contributed by atoms with van der Waals surface area (Å²) in [5.74, 6) is 2.00. The lowest BCUT2D eigenvalue weighted by Crippen LogP contribution is -2.37.